The monoisotopic (exact) mass is 365 g/mol. The summed E-state index contributed by atoms with van der Waals surface area (Å²) >= 11 is 0. The molecule has 0 heterocycles. The molecule has 0 radical (unpaired) electrons. The molecule has 0 aliphatic heterocycles. The molecule has 4 heteroatoms. The van der Waals surface area contributed by atoms with Gasteiger partial charge >= 0.3 is 6.09 Å². The Morgan fingerprint density at radius 1 is 1.07 bits per heavy atom. The zero-order valence-corrected chi connectivity index (χ0v) is 15.8. The van der Waals surface area contributed by atoms with E-state index in [1.165, 1.54) is 22.3 Å². The zero-order valence-electron chi connectivity index (χ0n) is 15.8. The smallest absolute Gasteiger partial charge is 0.407 e. The molecular weight excluding hydrogens is 338 g/mol. The fourth-order valence-electron chi connectivity index (χ4n) is 4.46. The van der Waals surface area contributed by atoms with E-state index in [9.17, 15) is 9.90 Å². The predicted octanol–water partition coefficient (Wildman–Crippen LogP) is 4.61. The van der Waals surface area contributed by atoms with E-state index in [2.05, 4.69) is 29.6 Å². The first-order valence-electron chi connectivity index (χ1n) is 9.93. The third kappa shape index (κ3) is 3.59. The SMILES string of the molecule is CCC1(O)CCC(NC(=O)OCC2c3ccccc3-c3ccccc32)CC1. The number of ether oxygens (including phenoxy) is 1. The average molecular weight is 365 g/mol. The Morgan fingerprint density at radius 3 is 2.19 bits per heavy atom. The highest BCUT2D eigenvalue weighted by molar-refractivity contribution is 5.79. The fourth-order valence-corrected chi connectivity index (χ4v) is 4.46. The van der Waals surface area contributed by atoms with Crippen molar-refractivity contribution in [2.24, 2.45) is 0 Å². The minimum absolute atomic E-state index is 0.0830. The first-order chi connectivity index (χ1) is 13.1. The second-order valence-electron chi connectivity index (χ2n) is 7.82. The van der Waals surface area contributed by atoms with Crippen LogP contribution in [0.4, 0.5) is 4.79 Å². The number of nitrogens with one attached hydrogen (secondary N) is 1. The quantitative estimate of drug-likeness (QED) is 0.832. The molecule has 0 saturated heterocycles. The van der Waals surface area contributed by atoms with E-state index in [1.807, 2.05) is 31.2 Å². The third-order valence-corrected chi connectivity index (χ3v) is 6.24. The fraction of sp³-hybridized carbons (Fsp3) is 0.435. The van der Waals surface area contributed by atoms with Gasteiger partial charge in [0.1, 0.15) is 6.61 Å². The molecule has 2 aromatic carbocycles. The molecule has 2 N–H and O–H groups in total. The van der Waals surface area contributed by atoms with Crippen molar-refractivity contribution in [3.8, 4) is 11.1 Å². The largest absolute Gasteiger partial charge is 0.449 e. The molecule has 4 nitrogen and oxygen atoms in total. The van der Waals surface area contributed by atoms with Crippen molar-refractivity contribution >= 4 is 6.09 Å². The van der Waals surface area contributed by atoms with E-state index in [-0.39, 0.29) is 18.1 Å². The number of carbonyl (C=O) groups excluding carboxylic acids is 1. The van der Waals surface area contributed by atoms with Gasteiger partial charge in [0, 0.05) is 12.0 Å². The van der Waals surface area contributed by atoms with Gasteiger partial charge in [-0.25, -0.2) is 4.79 Å². The number of hydrogen-bond donors (Lipinski definition) is 2. The molecule has 0 atom stereocenters. The second-order valence-corrected chi connectivity index (χ2v) is 7.82. The first-order valence-corrected chi connectivity index (χ1v) is 9.93. The summed E-state index contributed by atoms with van der Waals surface area (Å²) in [7, 11) is 0. The number of rotatable bonds is 4. The van der Waals surface area contributed by atoms with Crippen LogP contribution in [0.15, 0.2) is 48.5 Å². The second kappa shape index (κ2) is 7.35. The lowest BCUT2D eigenvalue weighted by Crippen LogP contribution is -2.43. The molecule has 2 aliphatic carbocycles. The summed E-state index contributed by atoms with van der Waals surface area (Å²) in [4.78, 5) is 12.3. The third-order valence-electron chi connectivity index (χ3n) is 6.24. The van der Waals surface area contributed by atoms with Gasteiger partial charge in [-0.05, 0) is 54.4 Å². The van der Waals surface area contributed by atoms with Crippen LogP contribution in [0.25, 0.3) is 11.1 Å². The first kappa shape index (κ1) is 18.1. The summed E-state index contributed by atoms with van der Waals surface area (Å²) < 4.78 is 5.61. The molecule has 0 spiro atoms. The Bertz CT molecular complexity index is 778. The normalized spacial score (nSPS) is 24.1. The highest BCUT2D eigenvalue weighted by Crippen LogP contribution is 2.44. The lowest BCUT2D eigenvalue weighted by molar-refractivity contribution is -0.00696. The van der Waals surface area contributed by atoms with Crippen LogP contribution >= 0.6 is 0 Å². The van der Waals surface area contributed by atoms with Gasteiger partial charge < -0.3 is 15.2 Å². The van der Waals surface area contributed by atoms with Crippen molar-refractivity contribution in [2.45, 2.75) is 56.6 Å². The van der Waals surface area contributed by atoms with E-state index in [4.69, 9.17) is 4.74 Å². The van der Waals surface area contributed by atoms with Gasteiger partial charge in [-0.2, -0.15) is 0 Å². The number of aliphatic hydroxyl groups is 1. The maximum atomic E-state index is 12.3. The Balaban J connectivity index is 1.37. The van der Waals surface area contributed by atoms with Crippen LogP contribution in [0.2, 0.25) is 0 Å². The van der Waals surface area contributed by atoms with Gasteiger partial charge in [0.2, 0.25) is 0 Å². The summed E-state index contributed by atoms with van der Waals surface area (Å²) in [6, 6.07) is 16.8. The van der Waals surface area contributed by atoms with Crippen molar-refractivity contribution in [3.63, 3.8) is 0 Å². The summed E-state index contributed by atoms with van der Waals surface area (Å²) in [5.74, 6) is 0.0830. The number of fused-ring (bicyclic) bond motifs is 3. The van der Waals surface area contributed by atoms with Crippen molar-refractivity contribution in [2.75, 3.05) is 6.61 Å². The van der Waals surface area contributed by atoms with Crippen LogP contribution in [0.3, 0.4) is 0 Å². The standard InChI is InChI=1S/C23H27NO3/c1-2-23(26)13-11-16(12-14-23)24-22(25)27-15-21-19-9-5-3-7-17(19)18-8-4-6-10-20(18)21/h3-10,16,21,26H,2,11-15H2,1H3,(H,24,25). The number of amides is 1. The molecule has 0 unspecified atom stereocenters. The molecule has 27 heavy (non-hydrogen) atoms. The molecule has 1 amide bonds. The Kier molecular flexibility index (Phi) is 4.92. The molecule has 1 fully saturated rings. The molecule has 0 bridgehead atoms. The number of hydrogen-bond acceptors (Lipinski definition) is 3. The van der Waals surface area contributed by atoms with Crippen LogP contribution in [0, 0.1) is 0 Å². The summed E-state index contributed by atoms with van der Waals surface area (Å²) in [5.41, 5.74) is 4.34. The van der Waals surface area contributed by atoms with Gasteiger partial charge in [0.25, 0.3) is 0 Å². The average Bonchev–Trinajstić information content (AvgIpc) is 3.02. The minimum atomic E-state index is -0.556. The lowest BCUT2D eigenvalue weighted by Gasteiger charge is -2.35. The van der Waals surface area contributed by atoms with Crippen molar-refractivity contribution in [1.29, 1.82) is 0 Å². The molecule has 142 valence electrons. The highest BCUT2D eigenvalue weighted by Gasteiger charge is 2.33. The van der Waals surface area contributed by atoms with Crippen molar-refractivity contribution < 1.29 is 14.6 Å². The van der Waals surface area contributed by atoms with Gasteiger partial charge in [0.15, 0.2) is 0 Å². The van der Waals surface area contributed by atoms with Crippen LogP contribution in [0.1, 0.15) is 56.1 Å². The maximum Gasteiger partial charge on any atom is 0.407 e. The van der Waals surface area contributed by atoms with Gasteiger partial charge in [-0.3, -0.25) is 0 Å². The minimum Gasteiger partial charge on any atom is -0.449 e. The van der Waals surface area contributed by atoms with E-state index >= 15 is 0 Å². The van der Waals surface area contributed by atoms with Crippen molar-refractivity contribution in [3.05, 3.63) is 59.7 Å². The van der Waals surface area contributed by atoms with E-state index in [0.29, 0.717) is 6.61 Å². The van der Waals surface area contributed by atoms with Crippen LogP contribution < -0.4 is 5.32 Å². The Hall–Kier alpha value is -2.33. The molecule has 4 rings (SSSR count). The molecule has 2 aliphatic rings. The highest BCUT2D eigenvalue weighted by atomic mass is 16.5. The Morgan fingerprint density at radius 2 is 1.63 bits per heavy atom. The maximum absolute atomic E-state index is 12.3. The lowest BCUT2D eigenvalue weighted by atomic mass is 9.81. The van der Waals surface area contributed by atoms with Gasteiger partial charge in [-0.1, -0.05) is 55.5 Å². The van der Waals surface area contributed by atoms with E-state index < -0.39 is 5.60 Å². The summed E-state index contributed by atoms with van der Waals surface area (Å²) in [5, 5.41) is 13.3. The van der Waals surface area contributed by atoms with Crippen LogP contribution in [-0.4, -0.2) is 29.4 Å². The zero-order chi connectivity index (χ0) is 18.9. The Labute approximate surface area is 160 Å². The topological polar surface area (TPSA) is 58.6 Å². The van der Waals surface area contributed by atoms with E-state index in [0.717, 1.165) is 32.1 Å². The van der Waals surface area contributed by atoms with Crippen LogP contribution in [0.5, 0.6) is 0 Å². The van der Waals surface area contributed by atoms with Crippen LogP contribution in [-0.2, 0) is 4.74 Å². The summed E-state index contributed by atoms with van der Waals surface area (Å²) in [6.45, 7) is 2.35. The van der Waals surface area contributed by atoms with E-state index in [1.54, 1.807) is 0 Å². The predicted molar refractivity (Wildman–Crippen MR) is 106 cm³/mol. The number of alkyl carbamates (subject to hydrolysis) is 1. The van der Waals surface area contributed by atoms with Gasteiger partial charge in [-0.15, -0.1) is 0 Å². The molecule has 2 aromatic rings. The van der Waals surface area contributed by atoms with Crippen molar-refractivity contribution in [1.82, 2.24) is 5.32 Å². The number of benzene rings is 2. The molecule has 0 aromatic heterocycles. The molecular formula is C23H27NO3. The molecule has 1 saturated carbocycles. The number of carbonyl (C=O) groups is 1. The van der Waals surface area contributed by atoms with Gasteiger partial charge in [0.05, 0.1) is 5.60 Å². The summed E-state index contributed by atoms with van der Waals surface area (Å²) in [6.07, 6.45) is 3.48.